The number of aromatic nitrogens is 3. The van der Waals surface area contributed by atoms with Crippen molar-refractivity contribution in [2.24, 2.45) is 0 Å². The van der Waals surface area contributed by atoms with Gasteiger partial charge in [-0.05, 0) is 24.3 Å². The van der Waals surface area contributed by atoms with E-state index in [4.69, 9.17) is 4.74 Å². The van der Waals surface area contributed by atoms with Gasteiger partial charge in [-0.25, -0.2) is 9.37 Å². The Balaban J connectivity index is 2.04. The van der Waals surface area contributed by atoms with E-state index >= 15 is 0 Å². The summed E-state index contributed by atoms with van der Waals surface area (Å²) < 4.78 is 22.2. The third-order valence-corrected chi connectivity index (χ3v) is 3.78. The molecule has 0 radical (unpaired) electrons. The number of methoxy groups -OCH3 is 1. The second-order valence-corrected chi connectivity index (χ2v) is 5.08. The van der Waals surface area contributed by atoms with E-state index in [9.17, 15) is 9.18 Å². The van der Waals surface area contributed by atoms with Gasteiger partial charge in [0.05, 0.1) is 23.8 Å². The molecule has 4 rings (SSSR count). The highest BCUT2D eigenvalue weighted by Crippen LogP contribution is 2.20. The molecule has 0 amide bonds. The molecule has 0 spiro atoms. The molecular formula is C17H12FN3O2. The van der Waals surface area contributed by atoms with E-state index in [1.54, 1.807) is 10.6 Å². The molecule has 4 aromatic rings. The van der Waals surface area contributed by atoms with Crippen LogP contribution in [0.2, 0.25) is 0 Å². The van der Waals surface area contributed by atoms with Crippen molar-refractivity contribution in [3.05, 3.63) is 71.0 Å². The van der Waals surface area contributed by atoms with Crippen LogP contribution < -0.4 is 10.3 Å². The third kappa shape index (κ3) is 1.99. The van der Waals surface area contributed by atoms with Crippen LogP contribution in [0.5, 0.6) is 5.75 Å². The lowest BCUT2D eigenvalue weighted by molar-refractivity contribution is 0.413. The smallest absolute Gasteiger partial charge is 0.298 e. The second-order valence-electron chi connectivity index (χ2n) is 5.08. The topological polar surface area (TPSA) is 48.5 Å². The van der Waals surface area contributed by atoms with Gasteiger partial charge >= 0.3 is 0 Å². The maximum absolute atomic E-state index is 14.1. The number of benzene rings is 2. The van der Waals surface area contributed by atoms with E-state index in [0.717, 1.165) is 5.52 Å². The first-order chi connectivity index (χ1) is 11.2. The lowest BCUT2D eigenvalue weighted by Crippen LogP contribution is -2.21. The van der Waals surface area contributed by atoms with Gasteiger partial charge in [-0.15, -0.1) is 0 Å². The van der Waals surface area contributed by atoms with Crippen molar-refractivity contribution >= 4 is 16.7 Å². The van der Waals surface area contributed by atoms with E-state index < -0.39 is 11.4 Å². The first-order valence-corrected chi connectivity index (χ1v) is 7.01. The molecule has 2 aromatic heterocycles. The van der Waals surface area contributed by atoms with Crippen LogP contribution in [-0.2, 0) is 0 Å². The van der Waals surface area contributed by atoms with E-state index in [1.807, 2.05) is 24.3 Å². The third-order valence-electron chi connectivity index (χ3n) is 3.78. The summed E-state index contributed by atoms with van der Waals surface area (Å²) in [7, 11) is 1.49. The summed E-state index contributed by atoms with van der Waals surface area (Å²) in [5, 5.41) is 0. The molecule has 2 aromatic carbocycles. The van der Waals surface area contributed by atoms with Gasteiger partial charge in [0.2, 0.25) is 5.65 Å². The van der Waals surface area contributed by atoms with E-state index in [0.29, 0.717) is 11.3 Å². The van der Waals surface area contributed by atoms with Crippen molar-refractivity contribution in [2.45, 2.75) is 0 Å². The van der Waals surface area contributed by atoms with Gasteiger partial charge in [0.1, 0.15) is 11.6 Å². The molecule has 0 fully saturated rings. The van der Waals surface area contributed by atoms with Crippen molar-refractivity contribution < 1.29 is 9.13 Å². The zero-order valence-electron chi connectivity index (χ0n) is 12.2. The predicted octanol–water partition coefficient (Wildman–Crippen LogP) is 2.79. The van der Waals surface area contributed by atoms with Gasteiger partial charge in [-0.1, -0.05) is 12.1 Å². The highest BCUT2D eigenvalue weighted by molar-refractivity contribution is 5.80. The fraction of sp³-hybridized carbons (Fsp3) is 0.0588. The maximum Gasteiger partial charge on any atom is 0.298 e. The van der Waals surface area contributed by atoms with Crippen molar-refractivity contribution in [3.63, 3.8) is 0 Å². The molecule has 0 aliphatic carbocycles. The molecule has 23 heavy (non-hydrogen) atoms. The predicted molar refractivity (Wildman–Crippen MR) is 84.8 cm³/mol. The second kappa shape index (κ2) is 4.95. The van der Waals surface area contributed by atoms with Crippen molar-refractivity contribution in [1.29, 1.82) is 0 Å². The Morgan fingerprint density at radius 1 is 1.13 bits per heavy atom. The van der Waals surface area contributed by atoms with Crippen LogP contribution in [0.1, 0.15) is 0 Å². The number of nitrogens with zero attached hydrogens (tertiary/aromatic N) is 3. The Morgan fingerprint density at radius 2 is 1.96 bits per heavy atom. The summed E-state index contributed by atoms with van der Waals surface area (Å²) >= 11 is 0. The summed E-state index contributed by atoms with van der Waals surface area (Å²) in [5.74, 6) is -0.0324. The van der Waals surface area contributed by atoms with Gasteiger partial charge in [-0.2, -0.15) is 0 Å². The van der Waals surface area contributed by atoms with Crippen LogP contribution in [0.4, 0.5) is 4.39 Å². The number of fused-ring (bicyclic) bond motifs is 3. The Morgan fingerprint density at radius 3 is 2.78 bits per heavy atom. The first-order valence-electron chi connectivity index (χ1n) is 7.01. The zero-order valence-corrected chi connectivity index (χ0v) is 12.2. The van der Waals surface area contributed by atoms with Gasteiger partial charge in [0.15, 0.2) is 0 Å². The SMILES string of the molecule is COc1ccc(F)c(-n2ccn3c(nc4ccccc43)c2=O)c1. The average molecular weight is 309 g/mol. The highest BCUT2D eigenvalue weighted by atomic mass is 19.1. The van der Waals surface area contributed by atoms with Crippen molar-refractivity contribution in [2.75, 3.05) is 7.11 Å². The van der Waals surface area contributed by atoms with Crippen LogP contribution in [-0.4, -0.2) is 21.1 Å². The number of hydrogen-bond donors (Lipinski definition) is 0. The molecule has 0 saturated heterocycles. The van der Waals surface area contributed by atoms with E-state index in [-0.39, 0.29) is 11.3 Å². The molecule has 6 heteroatoms. The molecule has 0 N–H and O–H groups in total. The Labute approximate surface area is 130 Å². The molecule has 114 valence electrons. The Kier molecular flexibility index (Phi) is 2.90. The molecule has 2 heterocycles. The van der Waals surface area contributed by atoms with Gasteiger partial charge in [0, 0.05) is 18.5 Å². The highest BCUT2D eigenvalue weighted by Gasteiger charge is 2.13. The van der Waals surface area contributed by atoms with Crippen LogP contribution >= 0.6 is 0 Å². The number of ether oxygens (including phenoxy) is 1. The Hall–Kier alpha value is -3.15. The van der Waals surface area contributed by atoms with E-state index in [1.165, 1.54) is 36.1 Å². The largest absolute Gasteiger partial charge is 0.497 e. The molecule has 0 atom stereocenters. The minimum atomic E-state index is -0.506. The molecule has 0 aliphatic heterocycles. The van der Waals surface area contributed by atoms with E-state index in [2.05, 4.69) is 4.98 Å². The first kappa shape index (κ1) is 13.5. The number of rotatable bonds is 2. The minimum Gasteiger partial charge on any atom is -0.497 e. The van der Waals surface area contributed by atoms with Crippen molar-refractivity contribution in [1.82, 2.24) is 14.0 Å². The molecule has 0 saturated carbocycles. The molecule has 5 nitrogen and oxygen atoms in total. The van der Waals surface area contributed by atoms with Gasteiger partial charge in [0.25, 0.3) is 5.56 Å². The zero-order chi connectivity index (χ0) is 16.0. The summed E-state index contributed by atoms with van der Waals surface area (Å²) in [5.41, 5.74) is 1.53. The lowest BCUT2D eigenvalue weighted by Gasteiger charge is -2.09. The van der Waals surface area contributed by atoms with Crippen LogP contribution in [0, 0.1) is 5.82 Å². The normalized spacial score (nSPS) is 11.2. The number of hydrogen-bond acceptors (Lipinski definition) is 3. The van der Waals surface area contributed by atoms with Gasteiger partial charge < -0.3 is 4.74 Å². The number of halogens is 1. The molecule has 0 unspecified atom stereocenters. The van der Waals surface area contributed by atoms with Gasteiger partial charge in [-0.3, -0.25) is 13.8 Å². The fourth-order valence-corrected chi connectivity index (χ4v) is 2.65. The maximum atomic E-state index is 14.1. The van der Waals surface area contributed by atoms with Crippen molar-refractivity contribution in [3.8, 4) is 11.4 Å². The minimum absolute atomic E-state index is 0.129. The standard InChI is InChI=1S/C17H12FN3O2/c1-23-11-6-7-12(18)15(10-11)21-9-8-20-14-5-3-2-4-13(14)19-16(20)17(21)22/h2-10H,1H3. The number of para-hydroxylation sites is 2. The van der Waals surface area contributed by atoms with Crippen LogP contribution in [0.25, 0.3) is 22.4 Å². The van der Waals surface area contributed by atoms with Crippen LogP contribution in [0.15, 0.2) is 59.7 Å². The molecule has 0 aliphatic rings. The number of imidazole rings is 1. The summed E-state index contributed by atoms with van der Waals surface area (Å²) in [4.78, 5) is 17.1. The van der Waals surface area contributed by atoms with Crippen LogP contribution in [0.3, 0.4) is 0 Å². The molecule has 0 bridgehead atoms. The fourth-order valence-electron chi connectivity index (χ4n) is 2.65. The lowest BCUT2D eigenvalue weighted by atomic mass is 10.3. The molecular weight excluding hydrogens is 297 g/mol. The Bertz CT molecular complexity index is 1100. The quantitative estimate of drug-likeness (QED) is 0.572. The monoisotopic (exact) mass is 309 g/mol. The average Bonchev–Trinajstić information content (AvgIpc) is 2.96. The summed E-state index contributed by atoms with van der Waals surface area (Å²) in [6.07, 6.45) is 3.23. The summed E-state index contributed by atoms with van der Waals surface area (Å²) in [6.45, 7) is 0. The summed E-state index contributed by atoms with van der Waals surface area (Å²) in [6, 6.07) is 11.7.